The van der Waals surface area contributed by atoms with Crippen LogP contribution >= 0.6 is 0 Å². The van der Waals surface area contributed by atoms with Gasteiger partial charge in [-0.05, 0) is 37.5 Å². The largest absolute Gasteiger partial charge is 0.389 e. The highest BCUT2D eigenvalue weighted by Crippen LogP contribution is 2.25. The molecule has 0 spiro atoms. The van der Waals surface area contributed by atoms with E-state index in [0.717, 1.165) is 25.9 Å². The van der Waals surface area contributed by atoms with Gasteiger partial charge in [-0.25, -0.2) is 4.39 Å². The number of rotatable bonds is 7. The van der Waals surface area contributed by atoms with Gasteiger partial charge in [-0.15, -0.1) is 0 Å². The lowest BCUT2D eigenvalue weighted by Crippen LogP contribution is -2.29. The maximum Gasteiger partial charge on any atom is 0.146 e. The Labute approximate surface area is 116 Å². The number of nitrogens with zero attached hydrogens (tertiary/aromatic N) is 1. The molecule has 1 aromatic carbocycles. The summed E-state index contributed by atoms with van der Waals surface area (Å²) in [4.78, 5) is 2.08. The minimum Gasteiger partial charge on any atom is -0.389 e. The van der Waals surface area contributed by atoms with Gasteiger partial charge in [0.05, 0.1) is 11.8 Å². The molecule has 3 heteroatoms. The number of aliphatic hydroxyl groups excluding tert-OH is 1. The van der Waals surface area contributed by atoms with E-state index in [2.05, 4.69) is 18.7 Å². The fraction of sp³-hybridized carbons (Fsp3) is 0.625. The lowest BCUT2D eigenvalue weighted by Gasteiger charge is -2.28. The highest BCUT2D eigenvalue weighted by Gasteiger charge is 2.15. The summed E-state index contributed by atoms with van der Waals surface area (Å²) in [7, 11) is 0. The Hall–Kier alpha value is -1.09. The monoisotopic (exact) mass is 267 g/mol. The fourth-order valence-electron chi connectivity index (χ4n) is 2.30. The number of benzene rings is 1. The van der Waals surface area contributed by atoms with E-state index in [1.165, 1.54) is 6.07 Å². The molecule has 0 aromatic heterocycles. The Morgan fingerprint density at radius 2 is 1.84 bits per heavy atom. The van der Waals surface area contributed by atoms with Gasteiger partial charge < -0.3 is 10.0 Å². The summed E-state index contributed by atoms with van der Waals surface area (Å²) >= 11 is 0. The van der Waals surface area contributed by atoms with Crippen LogP contribution in [0.25, 0.3) is 0 Å². The van der Waals surface area contributed by atoms with E-state index in [1.54, 1.807) is 19.1 Å². The zero-order chi connectivity index (χ0) is 14.4. The molecule has 0 aliphatic heterocycles. The van der Waals surface area contributed by atoms with Crippen LogP contribution in [0.4, 0.5) is 10.1 Å². The van der Waals surface area contributed by atoms with E-state index < -0.39 is 6.10 Å². The third kappa shape index (κ3) is 4.20. The Kier molecular flexibility index (Phi) is 6.29. The first-order chi connectivity index (χ1) is 9.03. The molecule has 0 bridgehead atoms. The molecule has 0 saturated heterocycles. The quantitative estimate of drug-likeness (QED) is 0.802. The molecule has 0 heterocycles. The van der Waals surface area contributed by atoms with Crippen LogP contribution in [0.2, 0.25) is 0 Å². The van der Waals surface area contributed by atoms with Crippen LogP contribution < -0.4 is 4.90 Å². The highest BCUT2D eigenvalue weighted by atomic mass is 19.1. The van der Waals surface area contributed by atoms with E-state index in [4.69, 9.17) is 0 Å². The van der Waals surface area contributed by atoms with Gasteiger partial charge in [-0.2, -0.15) is 0 Å². The van der Waals surface area contributed by atoms with Gasteiger partial charge in [0.25, 0.3) is 0 Å². The predicted molar refractivity (Wildman–Crippen MR) is 79.0 cm³/mol. The van der Waals surface area contributed by atoms with Gasteiger partial charge in [-0.1, -0.05) is 32.8 Å². The zero-order valence-electron chi connectivity index (χ0n) is 12.5. The van der Waals surface area contributed by atoms with Gasteiger partial charge in [0.15, 0.2) is 0 Å². The Morgan fingerprint density at radius 1 is 1.21 bits per heavy atom. The predicted octanol–water partition coefficient (Wildman–Crippen LogP) is 4.14. The van der Waals surface area contributed by atoms with E-state index in [-0.39, 0.29) is 5.82 Å². The average molecular weight is 267 g/mol. The third-order valence-electron chi connectivity index (χ3n) is 3.81. The molecule has 0 aliphatic rings. The van der Waals surface area contributed by atoms with Crippen molar-refractivity contribution in [2.75, 3.05) is 18.0 Å². The SMILES string of the molecule is CCC(CC)CN(CC)c1ccc(C(C)O)cc1F. The molecule has 1 N–H and O–H groups in total. The van der Waals surface area contributed by atoms with Crippen molar-refractivity contribution in [2.45, 2.75) is 46.6 Å². The smallest absolute Gasteiger partial charge is 0.146 e. The minimum atomic E-state index is -0.627. The summed E-state index contributed by atoms with van der Waals surface area (Å²) in [6, 6.07) is 5.03. The van der Waals surface area contributed by atoms with Crippen LogP contribution in [0.1, 0.15) is 52.2 Å². The average Bonchev–Trinajstić information content (AvgIpc) is 2.41. The van der Waals surface area contributed by atoms with Crippen molar-refractivity contribution in [3.63, 3.8) is 0 Å². The third-order valence-corrected chi connectivity index (χ3v) is 3.81. The standard InChI is InChI=1S/C16H26FNO/c1-5-13(6-2)11-18(7-3)16-9-8-14(12(4)19)10-15(16)17/h8-10,12-13,19H,5-7,11H2,1-4H3. The molecular weight excluding hydrogens is 241 g/mol. The molecule has 0 aliphatic carbocycles. The van der Waals surface area contributed by atoms with E-state index >= 15 is 0 Å². The van der Waals surface area contributed by atoms with Crippen LogP contribution in [-0.2, 0) is 0 Å². The molecule has 1 unspecified atom stereocenters. The van der Waals surface area contributed by atoms with Crippen molar-refractivity contribution in [1.82, 2.24) is 0 Å². The first kappa shape index (κ1) is 16.0. The van der Waals surface area contributed by atoms with Crippen LogP contribution in [0, 0.1) is 11.7 Å². The van der Waals surface area contributed by atoms with Crippen LogP contribution in [0.15, 0.2) is 18.2 Å². The van der Waals surface area contributed by atoms with Crippen molar-refractivity contribution in [3.05, 3.63) is 29.6 Å². The number of aliphatic hydroxyl groups is 1. The summed E-state index contributed by atoms with van der Waals surface area (Å²) in [6.07, 6.45) is 1.60. The van der Waals surface area contributed by atoms with Crippen molar-refractivity contribution in [2.24, 2.45) is 5.92 Å². The summed E-state index contributed by atoms with van der Waals surface area (Å²) in [5, 5.41) is 9.48. The summed E-state index contributed by atoms with van der Waals surface area (Å²) in [5.74, 6) is 0.349. The highest BCUT2D eigenvalue weighted by molar-refractivity contribution is 5.49. The second-order valence-corrected chi connectivity index (χ2v) is 5.11. The van der Waals surface area contributed by atoms with Crippen molar-refractivity contribution >= 4 is 5.69 Å². The Bertz CT molecular complexity index is 388. The molecule has 0 saturated carbocycles. The summed E-state index contributed by atoms with van der Waals surface area (Å²) < 4.78 is 14.2. The number of hydrogen-bond donors (Lipinski definition) is 1. The molecule has 0 radical (unpaired) electrons. The lowest BCUT2D eigenvalue weighted by molar-refractivity contribution is 0.199. The topological polar surface area (TPSA) is 23.5 Å². The van der Waals surface area contributed by atoms with Gasteiger partial charge in [-0.3, -0.25) is 0 Å². The molecule has 19 heavy (non-hydrogen) atoms. The molecule has 1 atom stereocenters. The molecule has 108 valence electrons. The molecule has 0 amide bonds. The first-order valence-electron chi connectivity index (χ1n) is 7.25. The van der Waals surface area contributed by atoms with Crippen LogP contribution in [-0.4, -0.2) is 18.2 Å². The van der Waals surface area contributed by atoms with Crippen molar-refractivity contribution in [1.29, 1.82) is 0 Å². The fourth-order valence-corrected chi connectivity index (χ4v) is 2.30. The second-order valence-electron chi connectivity index (χ2n) is 5.11. The van der Waals surface area contributed by atoms with E-state index in [9.17, 15) is 9.50 Å². The Morgan fingerprint density at radius 3 is 2.26 bits per heavy atom. The second kappa shape index (κ2) is 7.49. The van der Waals surface area contributed by atoms with Crippen LogP contribution in [0.3, 0.4) is 0 Å². The van der Waals surface area contributed by atoms with E-state index in [1.807, 2.05) is 6.92 Å². The minimum absolute atomic E-state index is 0.244. The molecule has 1 rings (SSSR count). The van der Waals surface area contributed by atoms with Crippen molar-refractivity contribution < 1.29 is 9.50 Å². The maximum atomic E-state index is 14.2. The number of hydrogen-bond acceptors (Lipinski definition) is 2. The van der Waals surface area contributed by atoms with Crippen molar-refractivity contribution in [3.8, 4) is 0 Å². The molecule has 0 fully saturated rings. The Balaban J connectivity index is 2.92. The van der Waals surface area contributed by atoms with Gasteiger partial charge in [0.1, 0.15) is 5.82 Å². The van der Waals surface area contributed by atoms with E-state index in [0.29, 0.717) is 17.2 Å². The maximum absolute atomic E-state index is 14.2. The zero-order valence-corrected chi connectivity index (χ0v) is 12.5. The van der Waals surface area contributed by atoms with Gasteiger partial charge in [0, 0.05) is 13.1 Å². The normalized spacial score (nSPS) is 12.8. The van der Waals surface area contributed by atoms with Gasteiger partial charge >= 0.3 is 0 Å². The number of anilines is 1. The first-order valence-corrected chi connectivity index (χ1v) is 7.25. The van der Waals surface area contributed by atoms with Crippen LogP contribution in [0.5, 0.6) is 0 Å². The molecular formula is C16H26FNO. The summed E-state index contributed by atoms with van der Waals surface area (Å²) in [6.45, 7) is 9.72. The summed E-state index contributed by atoms with van der Waals surface area (Å²) in [5.41, 5.74) is 1.26. The van der Waals surface area contributed by atoms with Gasteiger partial charge in [0.2, 0.25) is 0 Å². The molecule has 1 aromatic rings. The number of halogens is 1. The lowest BCUT2D eigenvalue weighted by atomic mass is 10.0. The molecule has 2 nitrogen and oxygen atoms in total.